The lowest BCUT2D eigenvalue weighted by Gasteiger charge is -2.12. The van der Waals surface area contributed by atoms with Gasteiger partial charge in [0.1, 0.15) is 6.04 Å². The van der Waals surface area contributed by atoms with Crippen LogP contribution >= 0.6 is 12.4 Å². The lowest BCUT2D eigenvalue weighted by Crippen LogP contribution is -2.40. The van der Waals surface area contributed by atoms with Crippen LogP contribution in [0.1, 0.15) is 35.3 Å². The molecule has 8 heteroatoms. The number of hydrogen-bond acceptors (Lipinski definition) is 5. The van der Waals surface area contributed by atoms with E-state index in [-0.39, 0.29) is 18.1 Å². The maximum absolute atomic E-state index is 12.2. The second-order valence-corrected chi connectivity index (χ2v) is 5.59. The van der Waals surface area contributed by atoms with E-state index in [9.17, 15) is 14.7 Å². The molecule has 0 aliphatic heterocycles. The van der Waals surface area contributed by atoms with Crippen molar-refractivity contribution in [1.29, 1.82) is 0 Å². The Morgan fingerprint density at radius 3 is 2.56 bits per heavy atom. The zero-order valence-electron chi connectivity index (χ0n) is 13.9. The number of nitrogens with zero attached hydrogens (tertiary/aromatic N) is 1. The molecule has 0 aliphatic carbocycles. The smallest absolute Gasteiger partial charge is 0.326 e. The molecule has 0 aliphatic rings. The predicted octanol–water partition coefficient (Wildman–Crippen LogP) is 2.38. The monoisotopic (exact) mass is 367 g/mol. The molecule has 1 heterocycles. The number of amides is 1. The Morgan fingerprint density at radius 2 is 1.96 bits per heavy atom. The van der Waals surface area contributed by atoms with Crippen molar-refractivity contribution in [3.05, 3.63) is 41.6 Å². The van der Waals surface area contributed by atoms with Gasteiger partial charge in [-0.05, 0) is 32.7 Å². The molecule has 0 saturated carbocycles. The fraction of sp³-hybridized carbons (Fsp3) is 0.353. The van der Waals surface area contributed by atoms with Gasteiger partial charge in [-0.1, -0.05) is 35.0 Å². The van der Waals surface area contributed by atoms with E-state index < -0.39 is 17.9 Å². The lowest BCUT2D eigenvalue weighted by atomic mass is 10.1. The van der Waals surface area contributed by atoms with Gasteiger partial charge in [-0.3, -0.25) is 4.79 Å². The number of carboxylic acid groups (broad SMARTS) is 1. The van der Waals surface area contributed by atoms with Crippen LogP contribution in [0.15, 0.2) is 34.9 Å². The maximum atomic E-state index is 12.2. The van der Waals surface area contributed by atoms with E-state index in [1.54, 1.807) is 0 Å². The summed E-state index contributed by atoms with van der Waals surface area (Å²) >= 11 is 0. The number of aliphatic carboxylic acids is 1. The van der Waals surface area contributed by atoms with E-state index in [1.165, 1.54) is 6.07 Å². The minimum atomic E-state index is -1.08. The number of carbonyl (C=O) groups is 2. The number of carbonyl (C=O) groups excluding carboxylic acids is 1. The first-order valence-corrected chi connectivity index (χ1v) is 7.78. The Kier molecular flexibility index (Phi) is 8.10. The molecule has 4 N–H and O–H groups in total. The zero-order valence-corrected chi connectivity index (χ0v) is 14.7. The van der Waals surface area contributed by atoms with Gasteiger partial charge in [0.15, 0.2) is 11.5 Å². The van der Waals surface area contributed by atoms with E-state index >= 15 is 0 Å². The fourth-order valence-corrected chi connectivity index (χ4v) is 2.22. The maximum Gasteiger partial charge on any atom is 0.326 e. The number of benzene rings is 1. The van der Waals surface area contributed by atoms with Crippen molar-refractivity contribution in [2.24, 2.45) is 5.73 Å². The average molecular weight is 368 g/mol. The zero-order chi connectivity index (χ0) is 17.5. The van der Waals surface area contributed by atoms with Crippen LogP contribution in [-0.4, -0.2) is 34.7 Å². The molecule has 1 amide bonds. The molecule has 7 nitrogen and oxygen atoms in total. The van der Waals surface area contributed by atoms with Crippen LogP contribution in [-0.2, 0) is 4.79 Å². The number of unbranched alkanes of at least 4 members (excludes halogenated alkanes) is 1. The Hall–Kier alpha value is -2.38. The number of aromatic nitrogens is 1. The van der Waals surface area contributed by atoms with Gasteiger partial charge in [0.05, 0.1) is 0 Å². The molecule has 0 saturated heterocycles. The number of carboxylic acids is 1. The summed E-state index contributed by atoms with van der Waals surface area (Å²) in [4.78, 5) is 23.4. The van der Waals surface area contributed by atoms with Gasteiger partial charge in [-0.2, -0.15) is 0 Å². The molecular weight excluding hydrogens is 346 g/mol. The highest BCUT2D eigenvalue weighted by molar-refractivity contribution is 5.95. The molecule has 0 spiro atoms. The molecule has 136 valence electrons. The van der Waals surface area contributed by atoms with Crippen molar-refractivity contribution >= 4 is 24.3 Å². The van der Waals surface area contributed by atoms with Crippen LogP contribution in [0.3, 0.4) is 0 Å². The van der Waals surface area contributed by atoms with Crippen LogP contribution in [0.2, 0.25) is 0 Å². The number of aryl methyl sites for hydroxylation is 1. The normalized spacial score (nSPS) is 11.4. The summed E-state index contributed by atoms with van der Waals surface area (Å²) in [6.07, 6.45) is 1.66. The summed E-state index contributed by atoms with van der Waals surface area (Å²) in [5.74, 6) is -1.20. The summed E-state index contributed by atoms with van der Waals surface area (Å²) in [6, 6.07) is 8.11. The molecule has 0 unspecified atom stereocenters. The van der Waals surface area contributed by atoms with Crippen LogP contribution < -0.4 is 11.1 Å². The molecule has 0 radical (unpaired) electrons. The van der Waals surface area contributed by atoms with Gasteiger partial charge in [-0.25, -0.2) is 4.79 Å². The van der Waals surface area contributed by atoms with Gasteiger partial charge < -0.3 is 20.7 Å². The predicted molar refractivity (Wildman–Crippen MR) is 95.7 cm³/mol. The molecule has 2 rings (SSSR count). The second-order valence-electron chi connectivity index (χ2n) is 5.59. The van der Waals surface area contributed by atoms with Crippen molar-refractivity contribution in [2.45, 2.75) is 32.2 Å². The van der Waals surface area contributed by atoms with Crippen LogP contribution in [0.25, 0.3) is 11.3 Å². The Balaban J connectivity index is 0.00000312. The third-order valence-corrected chi connectivity index (χ3v) is 3.63. The Labute approximate surface area is 152 Å². The number of halogens is 1. The quantitative estimate of drug-likeness (QED) is 0.616. The molecule has 0 bridgehead atoms. The van der Waals surface area contributed by atoms with Crippen molar-refractivity contribution in [2.75, 3.05) is 6.54 Å². The van der Waals surface area contributed by atoms with Gasteiger partial charge in [0.25, 0.3) is 5.91 Å². The summed E-state index contributed by atoms with van der Waals surface area (Å²) in [5, 5.41) is 15.4. The summed E-state index contributed by atoms with van der Waals surface area (Å²) in [6.45, 7) is 2.46. The minimum Gasteiger partial charge on any atom is -0.480 e. The van der Waals surface area contributed by atoms with Crippen LogP contribution in [0.4, 0.5) is 0 Å². The van der Waals surface area contributed by atoms with Crippen molar-refractivity contribution in [3.63, 3.8) is 0 Å². The first-order chi connectivity index (χ1) is 11.5. The summed E-state index contributed by atoms with van der Waals surface area (Å²) in [7, 11) is 0. The van der Waals surface area contributed by atoms with Gasteiger partial charge in [0.2, 0.25) is 0 Å². The van der Waals surface area contributed by atoms with E-state index in [2.05, 4.69) is 10.5 Å². The molecule has 1 atom stereocenters. The van der Waals surface area contributed by atoms with Crippen LogP contribution in [0.5, 0.6) is 0 Å². The Morgan fingerprint density at radius 1 is 1.28 bits per heavy atom. The van der Waals surface area contributed by atoms with Gasteiger partial charge in [0, 0.05) is 11.6 Å². The van der Waals surface area contributed by atoms with Crippen LogP contribution in [0, 0.1) is 6.92 Å². The summed E-state index contributed by atoms with van der Waals surface area (Å²) < 4.78 is 5.18. The highest BCUT2D eigenvalue weighted by Gasteiger charge is 2.22. The van der Waals surface area contributed by atoms with E-state index in [0.29, 0.717) is 31.6 Å². The van der Waals surface area contributed by atoms with Crippen molar-refractivity contribution in [3.8, 4) is 11.3 Å². The molecule has 2 aromatic rings. The minimum absolute atomic E-state index is 0. The number of hydrogen-bond donors (Lipinski definition) is 3. The van der Waals surface area contributed by atoms with Crippen molar-refractivity contribution < 1.29 is 19.2 Å². The van der Waals surface area contributed by atoms with Crippen molar-refractivity contribution in [1.82, 2.24) is 10.5 Å². The average Bonchev–Trinajstić information content (AvgIpc) is 3.04. The number of nitrogens with one attached hydrogen (secondary N) is 1. The van der Waals surface area contributed by atoms with E-state index in [1.807, 2.05) is 31.2 Å². The van der Waals surface area contributed by atoms with E-state index in [0.717, 1.165) is 11.1 Å². The standard InChI is InChI=1S/C17H21N3O4.ClH/c1-11-5-7-12(8-6-11)15-10-14(20-24-15)16(21)19-13(17(22)23)4-2-3-9-18;/h5-8,10,13H,2-4,9,18H2,1H3,(H,19,21)(H,22,23);1H/t13-;/m0./s1. The third kappa shape index (κ3) is 5.88. The van der Waals surface area contributed by atoms with Gasteiger partial charge >= 0.3 is 5.97 Å². The summed E-state index contributed by atoms with van der Waals surface area (Å²) in [5.41, 5.74) is 7.35. The first kappa shape index (κ1) is 20.7. The Bertz CT molecular complexity index is 700. The fourth-order valence-electron chi connectivity index (χ4n) is 2.22. The highest BCUT2D eigenvalue weighted by Crippen LogP contribution is 2.20. The topological polar surface area (TPSA) is 118 Å². The molecule has 1 aromatic heterocycles. The number of rotatable bonds is 8. The molecule has 0 fully saturated rings. The molecule has 1 aromatic carbocycles. The first-order valence-electron chi connectivity index (χ1n) is 7.78. The lowest BCUT2D eigenvalue weighted by molar-refractivity contribution is -0.139. The largest absolute Gasteiger partial charge is 0.480 e. The molecule has 25 heavy (non-hydrogen) atoms. The third-order valence-electron chi connectivity index (χ3n) is 3.63. The van der Waals surface area contributed by atoms with E-state index in [4.69, 9.17) is 10.3 Å². The SMILES string of the molecule is Cc1ccc(-c2cc(C(=O)N[C@@H](CCCCN)C(=O)O)no2)cc1.Cl. The second kappa shape index (κ2) is 9.80. The highest BCUT2D eigenvalue weighted by atomic mass is 35.5. The molecular formula is C17H22ClN3O4. The van der Waals surface area contributed by atoms with Gasteiger partial charge in [-0.15, -0.1) is 12.4 Å². The number of nitrogens with two attached hydrogens (primary N) is 1.